The Morgan fingerprint density at radius 1 is 1.00 bits per heavy atom. The second-order valence-corrected chi connectivity index (χ2v) is 6.87. The average Bonchev–Trinajstić information content (AvgIpc) is 2.71. The lowest BCUT2D eigenvalue weighted by atomic mass is 9.90. The Morgan fingerprint density at radius 2 is 1.68 bits per heavy atom. The first-order chi connectivity index (χ1) is 14.6. The molecule has 0 aliphatic carbocycles. The fourth-order valence-electron chi connectivity index (χ4n) is 2.92. The molecule has 2 aromatic carbocycles. The number of pyridine rings is 1. The summed E-state index contributed by atoms with van der Waals surface area (Å²) in [5.74, 6) is -1.98. The molecule has 9 heteroatoms. The van der Waals surface area contributed by atoms with E-state index in [4.69, 9.17) is 16.7 Å². The quantitative estimate of drug-likeness (QED) is 0.423. The van der Waals surface area contributed by atoms with Crippen LogP contribution in [-0.2, 0) is 11.0 Å². The lowest BCUT2D eigenvalue weighted by molar-refractivity contribution is -0.137. The van der Waals surface area contributed by atoms with Gasteiger partial charge in [-0.2, -0.15) is 13.2 Å². The first-order valence-corrected chi connectivity index (χ1v) is 9.09. The number of aromatic nitrogens is 1. The first-order valence-electron chi connectivity index (χ1n) is 8.72. The van der Waals surface area contributed by atoms with E-state index in [0.29, 0.717) is 5.02 Å². The molecule has 0 aliphatic rings. The van der Waals surface area contributed by atoms with Crippen molar-refractivity contribution in [3.8, 4) is 11.1 Å². The van der Waals surface area contributed by atoms with Gasteiger partial charge in [-0.15, -0.1) is 0 Å². The van der Waals surface area contributed by atoms with Crippen molar-refractivity contribution in [3.05, 3.63) is 98.4 Å². The Hall–Kier alpha value is -3.65. The fraction of sp³-hybridized carbons (Fsp3) is 0.0455. The number of halogens is 4. The van der Waals surface area contributed by atoms with Crippen molar-refractivity contribution >= 4 is 29.4 Å². The van der Waals surface area contributed by atoms with Crippen molar-refractivity contribution in [2.45, 2.75) is 6.18 Å². The van der Waals surface area contributed by atoms with E-state index < -0.39 is 29.1 Å². The minimum Gasteiger partial charge on any atom is -0.478 e. The van der Waals surface area contributed by atoms with Gasteiger partial charge in [0, 0.05) is 40.1 Å². The number of H-pyrrole nitrogens is 1. The van der Waals surface area contributed by atoms with Crippen molar-refractivity contribution in [1.82, 2.24) is 4.98 Å². The molecule has 0 radical (unpaired) electrons. The molecule has 0 atom stereocenters. The zero-order chi connectivity index (χ0) is 22.8. The monoisotopic (exact) mass is 447 g/mol. The van der Waals surface area contributed by atoms with Gasteiger partial charge in [0.05, 0.1) is 5.56 Å². The molecule has 0 bridgehead atoms. The van der Waals surface area contributed by atoms with E-state index in [-0.39, 0.29) is 27.8 Å². The molecule has 2 N–H and O–H groups in total. The van der Waals surface area contributed by atoms with Gasteiger partial charge in [0.2, 0.25) is 5.56 Å². The number of aromatic amines is 1. The van der Waals surface area contributed by atoms with E-state index in [1.54, 1.807) is 0 Å². The highest BCUT2D eigenvalue weighted by Crippen LogP contribution is 2.35. The van der Waals surface area contributed by atoms with Crippen LogP contribution in [0.5, 0.6) is 0 Å². The van der Waals surface area contributed by atoms with Crippen LogP contribution in [0.2, 0.25) is 5.02 Å². The number of benzene rings is 2. The number of rotatable bonds is 5. The third-order valence-corrected chi connectivity index (χ3v) is 4.60. The summed E-state index contributed by atoms with van der Waals surface area (Å²) in [7, 11) is 0. The Labute approximate surface area is 178 Å². The summed E-state index contributed by atoms with van der Waals surface area (Å²) in [5, 5.41) is 9.23. The summed E-state index contributed by atoms with van der Waals surface area (Å²) in [6.07, 6.45) is -1.57. The Kier molecular flexibility index (Phi) is 6.12. The van der Waals surface area contributed by atoms with Crippen LogP contribution in [0.4, 0.5) is 13.2 Å². The van der Waals surface area contributed by atoms with Gasteiger partial charge in [-0.05, 0) is 53.6 Å². The Bertz CT molecular complexity index is 1240. The molecule has 0 fully saturated rings. The summed E-state index contributed by atoms with van der Waals surface area (Å²) in [6, 6.07) is 9.36. The number of alkyl halides is 3. The van der Waals surface area contributed by atoms with Crippen molar-refractivity contribution < 1.29 is 27.9 Å². The van der Waals surface area contributed by atoms with Crippen LogP contribution in [0.3, 0.4) is 0 Å². The molecule has 3 rings (SSSR count). The van der Waals surface area contributed by atoms with Gasteiger partial charge in [0.25, 0.3) is 0 Å². The van der Waals surface area contributed by atoms with Crippen LogP contribution in [0, 0.1) is 0 Å². The van der Waals surface area contributed by atoms with Gasteiger partial charge >= 0.3 is 12.1 Å². The first kappa shape index (κ1) is 22.0. The molecule has 0 amide bonds. The molecule has 158 valence electrons. The Morgan fingerprint density at radius 3 is 2.29 bits per heavy atom. The molecule has 31 heavy (non-hydrogen) atoms. The number of carboxylic acid groups (broad SMARTS) is 1. The maximum atomic E-state index is 13.3. The summed E-state index contributed by atoms with van der Waals surface area (Å²) in [4.78, 5) is 38.1. The van der Waals surface area contributed by atoms with Crippen molar-refractivity contribution in [1.29, 1.82) is 0 Å². The number of nitrogens with one attached hydrogen (secondary N) is 1. The molecule has 3 aromatic rings. The second kappa shape index (κ2) is 8.61. The number of aliphatic carboxylic acids is 1. The summed E-state index contributed by atoms with van der Waals surface area (Å²) in [6.45, 7) is 0. The van der Waals surface area contributed by atoms with Crippen LogP contribution in [0.15, 0.2) is 65.6 Å². The van der Waals surface area contributed by atoms with Crippen molar-refractivity contribution in [3.63, 3.8) is 0 Å². The number of ketones is 1. The summed E-state index contributed by atoms with van der Waals surface area (Å²) in [5.41, 5.74) is -1.34. The standard InChI is InChI=1S/C22H13ClF3NO4/c23-15-5-1-12(2-6-15)21(31)17-10-14(22(24,25)26)4-7-16(17)18-11-27-19(28)9-13(18)3-8-20(29)30/h1-11H,(H,27,28)(H,29,30). The molecule has 0 aliphatic heterocycles. The molecule has 1 aromatic heterocycles. The largest absolute Gasteiger partial charge is 0.478 e. The van der Waals surface area contributed by atoms with E-state index in [9.17, 15) is 27.6 Å². The average molecular weight is 448 g/mol. The SMILES string of the molecule is O=C(O)C=Cc1cc(=O)[nH]cc1-c1ccc(C(F)(F)F)cc1C(=O)c1ccc(Cl)cc1. The number of carbonyl (C=O) groups excluding carboxylic acids is 1. The smallest absolute Gasteiger partial charge is 0.416 e. The predicted octanol–water partition coefficient (Wildman–Crippen LogP) is 5.04. The van der Waals surface area contributed by atoms with Crippen LogP contribution >= 0.6 is 11.6 Å². The number of hydrogen-bond acceptors (Lipinski definition) is 3. The maximum absolute atomic E-state index is 13.3. The molecule has 1 heterocycles. The zero-order valence-electron chi connectivity index (χ0n) is 15.5. The van der Waals surface area contributed by atoms with Gasteiger partial charge in [0.15, 0.2) is 5.78 Å². The highest BCUT2D eigenvalue weighted by Gasteiger charge is 2.32. The number of carbonyl (C=O) groups is 2. The number of carboxylic acids is 1. The molecular formula is C22H13ClF3NO4. The summed E-state index contributed by atoms with van der Waals surface area (Å²) >= 11 is 5.82. The van der Waals surface area contributed by atoms with E-state index in [2.05, 4.69) is 4.98 Å². The third kappa shape index (κ3) is 5.10. The Balaban J connectivity index is 2.26. The molecule has 0 spiro atoms. The highest BCUT2D eigenvalue weighted by atomic mass is 35.5. The normalized spacial score (nSPS) is 11.6. The van der Waals surface area contributed by atoms with Crippen molar-refractivity contribution in [2.75, 3.05) is 0 Å². The molecule has 0 saturated carbocycles. The topological polar surface area (TPSA) is 87.2 Å². The van der Waals surface area contributed by atoms with Gasteiger partial charge in [-0.1, -0.05) is 17.7 Å². The van der Waals surface area contributed by atoms with Crippen LogP contribution < -0.4 is 5.56 Å². The van der Waals surface area contributed by atoms with Gasteiger partial charge in [0.1, 0.15) is 0 Å². The lowest BCUT2D eigenvalue weighted by Crippen LogP contribution is -2.11. The fourth-order valence-corrected chi connectivity index (χ4v) is 3.05. The van der Waals surface area contributed by atoms with Crippen molar-refractivity contribution in [2.24, 2.45) is 0 Å². The molecule has 5 nitrogen and oxygen atoms in total. The van der Waals surface area contributed by atoms with Gasteiger partial charge < -0.3 is 10.1 Å². The predicted molar refractivity (Wildman–Crippen MR) is 109 cm³/mol. The zero-order valence-corrected chi connectivity index (χ0v) is 16.3. The molecule has 0 saturated heterocycles. The minimum absolute atomic E-state index is 0.0919. The number of hydrogen-bond donors (Lipinski definition) is 2. The highest BCUT2D eigenvalue weighted by molar-refractivity contribution is 6.30. The van der Waals surface area contributed by atoms with E-state index >= 15 is 0 Å². The van der Waals surface area contributed by atoms with E-state index in [1.165, 1.54) is 30.5 Å². The van der Waals surface area contributed by atoms with E-state index in [0.717, 1.165) is 36.4 Å². The molecular weight excluding hydrogens is 435 g/mol. The van der Waals surface area contributed by atoms with Crippen LogP contribution in [0.1, 0.15) is 27.0 Å². The maximum Gasteiger partial charge on any atom is 0.416 e. The lowest BCUT2D eigenvalue weighted by Gasteiger charge is -2.15. The van der Waals surface area contributed by atoms with Crippen LogP contribution in [-0.4, -0.2) is 21.8 Å². The van der Waals surface area contributed by atoms with E-state index in [1.807, 2.05) is 0 Å². The van der Waals surface area contributed by atoms with Gasteiger partial charge in [-0.3, -0.25) is 9.59 Å². The minimum atomic E-state index is -4.69. The molecule has 0 unspecified atom stereocenters. The second-order valence-electron chi connectivity index (χ2n) is 6.43. The third-order valence-electron chi connectivity index (χ3n) is 4.35. The van der Waals surface area contributed by atoms with Gasteiger partial charge in [-0.25, -0.2) is 4.79 Å². The van der Waals surface area contributed by atoms with Crippen LogP contribution in [0.25, 0.3) is 17.2 Å². The summed E-state index contributed by atoms with van der Waals surface area (Å²) < 4.78 is 39.9.